The van der Waals surface area contributed by atoms with Gasteiger partial charge in [-0.3, -0.25) is 9.36 Å². The lowest BCUT2D eigenvalue weighted by Crippen LogP contribution is -2.37. The lowest BCUT2D eigenvalue weighted by Gasteiger charge is -2.34. The van der Waals surface area contributed by atoms with Crippen LogP contribution in [0.4, 0.5) is 5.82 Å². The number of fused-ring (bicyclic) bond motifs is 1. The van der Waals surface area contributed by atoms with Crippen molar-refractivity contribution in [3.63, 3.8) is 0 Å². The quantitative estimate of drug-likeness (QED) is 0.848. The molecule has 0 aromatic carbocycles. The van der Waals surface area contributed by atoms with Gasteiger partial charge in [0, 0.05) is 42.1 Å². The summed E-state index contributed by atoms with van der Waals surface area (Å²) in [4.78, 5) is 28.6. The molecule has 1 aliphatic heterocycles. The van der Waals surface area contributed by atoms with Crippen molar-refractivity contribution < 1.29 is 0 Å². The normalized spacial score (nSPS) is 17.6. The Morgan fingerprint density at radius 1 is 1.12 bits per heavy atom. The number of aryl methyl sites for hydroxylation is 3. The summed E-state index contributed by atoms with van der Waals surface area (Å²) in [6.07, 6.45) is 7.26. The molecule has 6 heteroatoms. The van der Waals surface area contributed by atoms with Crippen LogP contribution in [0.3, 0.4) is 0 Å². The fourth-order valence-corrected chi connectivity index (χ4v) is 4.21. The maximum absolute atomic E-state index is 12.4. The minimum Gasteiger partial charge on any atom is -0.356 e. The molecule has 1 aliphatic carbocycles. The Bertz CT molecular complexity index is 881. The number of anilines is 1. The Hall–Kier alpha value is -2.24. The highest BCUT2D eigenvalue weighted by Crippen LogP contribution is 2.31. The van der Waals surface area contributed by atoms with Crippen molar-refractivity contribution in [2.24, 2.45) is 5.92 Å². The number of aromatic nitrogens is 4. The van der Waals surface area contributed by atoms with Gasteiger partial charge in [0.15, 0.2) is 0 Å². The summed E-state index contributed by atoms with van der Waals surface area (Å²) < 4.78 is 1.79. The van der Waals surface area contributed by atoms with E-state index >= 15 is 0 Å². The average molecular weight is 353 g/mol. The molecule has 1 fully saturated rings. The van der Waals surface area contributed by atoms with Crippen LogP contribution in [0.5, 0.6) is 0 Å². The second-order valence-corrected chi connectivity index (χ2v) is 7.72. The Kier molecular flexibility index (Phi) is 4.51. The molecule has 2 aromatic rings. The summed E-state index contributed by atoms with van der Waals surface area (Å²) in [6.45, 7) is 8.51. The molecule has 26 heavy (non-hydrogen) atoms. The third-order valence-corrected chi connectivity index (χ3v) is 5.91. The van der Waals surface area contributed by atoms with E-state index < -0.39 is 0 Å². The lowest BCUT2D eigenvalue weighted by atomic mass is 9.96. The van der Waals surface area contributed by atoms with Crippen LogP contribution >= 0.6 is 0 Å². The van der Waals surface area contributed by atoms with Crippen LogP contribution in [0.2, 0.25) is 0 Å². The maximum atomic E-state index is 12.4. The van der Waals surface area contributed by atoms with Crippen molar-refractivity contribution in [2.75, 3.05) is 18.0 Å². The summed E-state index contributed by atoms with van der Waals surface area (Å²) in [5, 5.41) is 0. The topological polar surface area (TPSA) is 63.9 Å². The van der Waals surface area contributed by atoms with Crippen LogP contribution in [-0.2, 0) is 19.4 Å². The zero-order valence-corrected chi connectivity index (χ0v) is 16.0. The van der Waals surface area contributed by atoms with Gasteiger partial charge in [-0.25, -0.2) is 15.0 Å². The fourth-order valence-electron chi connectivity index (χ4n) is 4.21. The number of hydrogen-bond donors (Lipinski definition) is 0. The molecule has 0 unspecified atom stereocenters. The zero-order valence-electron chi connectivity index (χ0n) is 16.0. The van der Waals surface area contributed by atoms with Gasteiger partial charge in [-0.15, -0.1) is 0 Å². The Balaban J connectivity index is 1.46. The predicted octanol–water partition coefficient (Wildman–Crippen LogP) is 2.36. The fraction of sp³-hybridized carbons (Fsp3) is 0.600. The third-order valence-electron chi connectivity index (χ3n) is 5.91. The van der Waals surface area contributed by atoms with Gasteiger partial charge in [0.2, 0.25) is 0 Å². The molecule has 0 saturated carbocycles. The molecule has 0 atom stereocenters. The average Bonchev–Trinajstić information content (AvgIpc) is 3.10. The van der Waals surface area contributed by atoms with Crippen molar-refractivity contribution in [3.05, 3.63) is 45.0 Å². The largest absolute Gasteiger partial charge is 0.356 e. The first-order valence-electron chi connectivity index (χ1n) is 9.67. The van der Waals surface area contributed by atoms with Crippen LogP contribution in [0.1, 0.15) is 47.6 Å². The lowest BCUT2D eigenvalue weighted by molar-refractivity contribution is 0.349. The first kappa shape index (κ1) is 17.2. The van der Waals surface area contributed by atoms with Gasteiger partial charge in [0.1, 0.15) is 11.6 Å². The van der Waals surface area contributed by atoms with Crippen LogP contribution in [0, 0.1) is 26.7 Å². The molecule has 138 valence electrons. The number of hydrogen-bond acceptors (Lipinski definition) is 5. The van der Waals surface area contributed by atoms with Gasteiger partial charge in [0.05, 0.1) is 6.33 Å². The summed E-state index contributed by atoms with van der Waals surface area (Å²) >= 11 is 0. The molecule has 0 bridgehead atoms. The summed E-state index contributed by atoms with van der Waals surface area (Å²) in [6, 6.07) is 0. The molecular weight excluding hydrogens is 326 g/mol. The molecule has 2 aromatic heterocycles. The van der Waals surface area contributed by atoms with Crippen molar-refractivity contribution in [1.82, 2.24) is 19.5 Å². The SMILES string of the molecule is Cc1nc2c(c(N3CCC(Cn4cnc(C)c(C)c4=O)CC3)n1)CCC2. The van der Waals surface area contributed by atoms with Crippen molar-refractivity contribution in [3.8, 4) is 0 Å². The van der Waals surface area contributed by atoms with Crippen molar-refractivity contribution >= 4 is 5.82 Å². The molecule has 3 heterocycles. The highest BCUT2D eigenvalue weighted by Gasteiger charge is 2.26. The minimum atomic E-state index is 0.101. The Labute approximate surface area is 154 Å². The molecule has 2 aliphatic rings. The Morgan fingerprint density at radius 3 is 2.65 bits per heavy atom. The highest BCUT2D eigenvalue weighted by molar-refractivity contribution is 5.51. The first-order valence-corrected chi connectivity index (χ1v) is 9.67. The molecule has 4 rings (SSSR count). The van der Waals surface area contributed by atoms with E-state index in [2.05, 4.69) is 14.9 Å². The van der Waals surface area contributed by atoms with E-state index in [0.29, 0.717) is 5.92 Å². The number of piperidine rings is 1. The van der Waals surface area contributed by atoms with Gasteiger partial charge in [-0.05, 0) is 58.8 Å². The number of nitrogens with zero attached hydrogens (tertiary/aromatic N) is 5. The zero-order chi connectivity index (χ0) is 18.3. The van der Waals surface area contributed by atoms with E-state index in [1.54, 1.807) is 10.9 Å². The van der Waals surface area contributed by atoms with Crippen LogP contribution < -0.4 is 10.5 Å². The molecule has 1 saturated heterocycles. The van der Waals surface area contributed by atoms with E-state index in [0.717, 1.165) is 68.2 Å². The Morgan fingerprint density at radius 2 is 1.88 bits per heavy atom. The van der Waals surface area contributed by atoms with Crippen molar-refractivity contribution in [2.45, 2.75) is 59.4 Å². The van der Waals surface area contributed by atoms with E-state index in [-0.39, 0.29) is 5.56 Å². The molecule has 0 N–H and O–H groups in total. The van der Waals surface area contributed by atoms with Gasteiger partial charge in [-0.1, -0.05) is 0 Å². The molecule has 0 amide bonds. The van der Waals surface area contributed by atoms with Gasteiger partial charge >= 0.3 is 0 Å². The molecule has 0 spiro atoms. The van der Waals surface area contributed by atoms with E-state index in [4.69, 9.17) is 4.98 Å². The second kappa shape index (κ2) is 6.82. The molecular formula is C20H27N5O. The van der Waals surface area contributed by atoms with Gasteiger partial charge < -0.3 is 4.90 Å². The monoisotopic (exact) mass is 353 g/mol. The van der Waals surface area contributed by atoms with Crippen molar-refractivity contribution in [1.29, 1.82) is 0 Å². The number of rotatable bonds is 3. The van der Waals surface area contributed by atoms with E-state index in [9.17, 15) is 4.79 Å². The standard InChI is InChI=1S/C20H27N5O/c1-13-14(2)21-12-25(20(13)26)11-16-7-9-24(10-8-16)19-17-5-4-6-18(17)22-15(3)23-19/h12,16H,4-11H2,1-3H3. The van der Waals surface area contributed by atoms with E-state index in [1.807, 2.05) is 20.8 Å². The predicted molar refractivity (Wildman–Crippen MR) is 102 cm³/mol. The summed E-state index contributed by atoms with van der Waals surface area (Å²) in [5.41, 5.74) is 4.31. The second-order valence-electron chi connectivity index (χ2n) is 7.72. The van der Waals surface area contributed by atoms with E-state index in [1.165, 1.54) is 17.7 Å². The smallest absolute Gasteiger partial charge is 0.256 e. The maximum Gasteiger partial charge on any atom is 0.256 e. The first-order chi connectivity index (χ1) is 12.5. The van der Waals surface area contributed by atoms with Crippen LogP contribution in [0.25, 0.3) is 0 Å². The summed E-state index contributed by atoms with van der Waals surface area (Å²) in [5.74, 6) is 2.56. The molecule has 6 nitrogen and oxygen atoms in total. The summed E-state index contributed by atoms with van der Waals surface area (Å²) in [7, 11) is 0. The van der Waals surface area contributed by atoms with Gasteiger partial charge in [-0.2, -0.15) is 0 Å². The van der Waals surface area contributed by atoms with Crippen LogP contribution in [-0.4, -0.2) is 32.6 Å². The molecule has 0 radical (unpaired) electrons. The van der Waals surface area contributed by atoms with Crippen LogP contribution in [0.15, 0.2) is 11.1 Å². The highest BCUT2D eigenvalue weighted by atomic mass is 16.1. The third kappa shape index (κ3) is 3.13. The minimum absolute atomic E-state index is 0.101. The van der Waals surface area contributed by atoms with Gasteiger partial charge in [0.25, 0.3) is 5.56 Å².